The zero-order chi connectivity index (χ0) is 36.5. The molecule has 2 amide bonds. The Hall–Kier alpha value is -3.87. The minimum Gasteiger partial charge on any atom is -0.445 e. The lowest BCUT2D eigenvalue weighted by Crippen LogP contribution is -2.56. The van der Waals surface area contributed by atoms with Crippen LogP contribution in [0.1, 0.15) is 68.7 Å². The van der Waals surface area contributed by atoms with Gasteiger partial charge >= 0.3 is 6.09 Å². The summed E-state index contributed by atoms with van der Waals surface area (Å²) in [4.78, 5) is 27.0. The number of ether oxygens (including phenoxy) is 1. The van der Waals surface area contributed by atoms with E-state index in [4.69, 9.17) is 4.74 Å². The van der Waals surface area contributed by atoms with Crippen molar-refractivity contribution in [1.29, 1.82) is 0 Å². The van der Waals surface area contributed by atoms with Gasteiger partial charge in [0.05, 0.1) is 11.0 Å². The number of aliphatic hydroxyl groups excluding tert-OH is 1. The third-order valence-electron chi connectivity index (χ3n) is 8.59. The molecule has 0 spiro atoms. The molecule has 0 saturated carbocycles. The second-order valence-electron chi connectivity index (χ2n) is 12.6. The number of nitrogens with one attached hydrogen (secondary N) is 3. The first kappa shape index (κ1) is 40.6. The molecule has 0 fully saturated rings. The Kier molecular flexibility index (Phi) is 16.8. The Morgan fingerprint density at radius 3 is 2.08 bits per heavy atom. The van der Waals surface area contributed by atoms with Crippen LogP contribution in [0.4, 0.5) is 13.6 Å². The van der Waals surface area contributed by atoms with Gasteiger partial charge in [-0.2, -0.15) is 0 Å². The van der Waals surface area contributed by atoms with Crippen LogP contribution in [0.5, 0.6) is 0 Å². The van der Waals surface area contributed by atoms with Gasteiger partial charge in [-0.05, 0) is 60.1 Å². The van der Waals surface area contributed by atoms with Crippen molar-refractivity contribution in [3.05, 3.63) is 107 Å². The average molecular weight is 716 g/mol. The third kappa shape index (κ3) is 13.4. The molecule has 9 nitrogen and oxygen atoms in total. The van der Waals surface area contributed by atoms with E-state index in [9.17, 15) is 31.9 Å². The predicted molar refractivity (Wildman–Crippen MR) is 191 cm³/mol. The number of aliphatic hydroxyl groups is 1. The van der Waals surface area contributed by atoms with Crippen molar-refractivity contribution >= 4 is 21.8 Å². The summed E-state index contributed by atoms with van der Waals surface area (Å²) in [7, 11) is -3.88. The number of aryl methyl sites for hydroxylation is 1. The van der Waals surface area contributed by atoms with Gasteiger partial charge in [0, 0.05) is 37.7 Å². The predicted octanol–water partition coefficient (Wildman–Crippen LogP) is 5.63. The standard InChI is InChI=1S/C38H51F2N3O6S/c1-4-11-34(12-5-2)50(47,48)26-36(43-38(46)49-25-28-13-8-7-9-14-28)37(45)42-35(20-30-18-32(39)21-33(40)19-30)31(24-44)23-41-22-29-16-10-15-27(6-3)17-29/h7-10,13-19,21,31,34-36,41,44H,4-6,11-12,20,22-26H2,1-3H3,(H,42,45)(H,43,46)/t31-,35-,36?/m0/s1. The number of rotatable bonds is 21. The van der Waals surface area contributed by atoms with Crippen LogP contribution in [0.25, 0.3) is 0 Å². The molecule has 12 heteroatoms. The maximum absolute atomic E-state index is 14.2. The van der Waals surface area contributed by atoms with Crippen LogP contribution < -0.4 is 16.0 Å². The van der Waals surface area contributed by atoms with Crippen molar-refractivity contribution in [3.63, 3.8) is 0 Å². The molecule has 274 valence electrons. The van der Waals surface area contributed by atoms with Gasteiger partial charge in [-0.3, -0.25) is 4.79 Å². The number of carbonyl (C=O) groups is 2. The number of carbonyl (C=O) groups excluding carboxylic acids is 2. The van der Waals surface area contributed by atoms with Crippen molar-refractivity contribution in [2.24, 2.45) is 5.92 Å². The monoisotopic (exact) mass is 715 g/mol. The highest BCUT2D eigenvalue weighted by Crippen LogP contribution is 2.19. The molecule has 0 heterocycles. The molecule has 1 unspecified atom stereocenters. The van der Waals surface area contributed by atoms with E-state index in [-0.39, 0.29) is 25.1 Å². The van der Waals surface area contributed by atoms with E-state index in [0.717, 1.165) is 35.7 Å². The maximum Gasteiger partial charge on any atom is 0.408 e. The van der Waals surface area contributed by atoms with Gasteiger partial charge in [-0.25, -0.2) is 22.0 Å². The Balaban J connectivity index is 1.88. The van der Waals surface area contributed by atoms with Crippen molar-refractivity contribution in [2.75, 3.05) is 18.9 Å². The van der Waals surface area contributed by atoms with E-state index in [2.05, 4.69) is 28.9 Å². The highest BCUT2D eigenvalue weighted by atomic mass is 32.2. The fourth-order valence-electron chi connectivity index (χ4n) is 5.90. The minimum absolute atomic E-state index is 0.0785. The van der Waals surface area contributed by atoms with Gasteiger partial charge in [0.15, 0.2) is 9.84 Å². The molecular formula is C38H51F2N3O6S. The first-order chi connectivity index (χ1) is 24.0. The molecule has 4 N–H and O–H groups in total. The molecule has 3 aromatic rings. The molecule has 0 saturated heterocycles. The topological polar surface area (TPSA) is 134 Å². The molecule has 0 aliphatic rings. The van der Waals surface area contributed by atoms with E-state index in [1.165, 1.54) is 0 Å². The van der Waals surface area contributed by atoms with Gasteiger partial charge in [0.1, 0.15) is 24.3 Å². The summed E-state index contributed by atoms with van der Waals surface area (Å²) in [6, 6.07) is 17.5. The molecule has 0 bridgehead atoms. The molecule has 3 atom stereocenters. The summed E-state index contributed by atoms with van der Waals surface area (Å²) in [5, 5.41) is 18.3. The zero-order valence-electron chi connectivity index (χ0n) is 29.2. The molecule has 0 aliphatic carbocycles. The van der Waals surface area contributed by atoms with Crippen LogP contribution in [0.2, 0.25) is 0 Å². The van der Waals surface area contributed by atoms with E-state index in [1.807, 2.05) is 38.1 Å². The quantitative estimate of drug-likeness (QED) is 0.112. The smallest absolute Gasteiger partial charge is 0.408 e. The molecule has 3 rings (SSSR count). The van der Waals surface area contributed by atoms with E-state index >= 15 is 0 Å². The number of benzene rings is 3. The molecule has 50 heavy (non-hydrogen) atoms. The van der Waals surface area contributed by atoms with Gasteiger partial charge in [0.25, 0.3) is 0 Å². The SMILES string of the molecule is CCCC(CCC)S(=O)(=O)CC(NC(=O)OCc1ccccc1)C(=O)N[C@@H](Cc1cc(F)cc(F)c1)[C@H](CO)CNCc1cccc(CC)c1. The Labute approximate surface area is 295 Å². The highest BCUT2D eigenvalue weighted by molar-refractivity contribution is 7.92. The van der Waals surface area contributed by atoms with Crippen LogP contribution in [-0.2, 0) is 45.4 Å². The number of hydrogen-bond donors (Lipinski definition) is 4. The molecule has 0 aliphatic heterocycles. The van der Waals surface area contributed by atoms with E-state index in [0.29, 0.717) is 37.8 Å². The second kappa shape index (κ2) is 20.7. The molecule has 0 radical (unpaired) electrons. The Bertz CT molecular complexity index is 1580. The highest BCUT2D eigenvalue weighted by Gasteiger charge is 2.34. The summed E-state index contributed by atoms with van der Waals surface area (Å²) < 4.78 is 61.0. The number of alkyl carbamates (subject to hydrolysis) is 1. The van der Waals surface area contributed by atoms with E-state index in [1.54, 1.807) is 24.3 Å². The summed E-state index contributed by atoms with van der Waals surface area (Å²) >= 11 is 0. The normalized spacial score (nSPS) is 13.4. The summed E-state index contributed by atoms with van der Waals surface area (Å²) in [6.07, 6.45) is 1.84. The molecular weight excluding hydrogens is 664 g/mol. The first-order valence-electron chi connectivity index (χ1n) is 17.3. The van der Waals surface area contributed by atoms with Crippen LogP contribution in [-0.4, -0.2) is 61.8 Å². The van der Waals surface area contributed by atoms with Gasteiger partial charge in [-0.1, -0.05) is 88.2 Å². The molecule has 0 aromatic heterocycles. The number of hydrogen-bond acceptors (Lipinski definition) is 7. The first-order valence-corrected chi connectivity index (χ1v) is 19.0. The van der Waals surface area contributed by atoms with Crippen molar-refractivity contribution in [1.82, 2.24) is 16.0 Å². The number of amides is 2. The Morgan fingerprint density at radius 1 is 0.820 bits per heavy atom. The maximum atomic E-state index is 14.2. The van der Waals surface area contributed by atoms with Crippen LogP contribution in [0, 0.1) is 17.6 Å². The third-order valence-corrected chi connectivity index (χ3v) is 10.9. The lowest BCUT2D eigenvalue weighted by atomic mass is 9.93. The second-order valence-corrected chi connectivity index (χ2v) is 15.0. The number of halogens is 2. The lowest BCUT2D eigenvalue weighted by molar-refractivity contribution is -0.123. The van der Waals surface area contributed by atoms with Crippen molar-refractivity contribution < 1.29 is 36.6 Å². The minimum atomic E-state index is -3.88. The number of sulfone groups is 1. The van der Waals surface area contributed by atoms with E-state index < -0.39 is 69.1 Å². The van der Waals surface area contributed by atoms with Gasteiger partial charge in [-0.15, -0.1) is 0 Å². The van der Waals surface area contributed by atoms with Crippen LogP contribution in [0.15, 0.2) is 72.8 Å². The van der Waals surface area contributed by atoms with Gasteiger partial charge in [0.2, 0.25) is 5.91 Å². The van der Waals surface area contributed by atoms with Crippen LogP contribution in [0.3, 0.4) is 0 Å². The largest absolute Gasteiger partial charge is 0.445 e. The summed E-state index contributed by atoms with van der Waals surface area (Å²) in [6.45, 7) is 5.98. The average Bonchev–Trinajstić information content (AvgIpc) is 3.08. The fraction of sp³-hybridized carbons (Fsp3) is 0.474. The Morgan fingerprint density at radius 2 is 1.46 bits per heavy atom. The summed E-state index contributed by atoms with van der Waals surface area (Å²) in [5.74, 6) is -3.77. The fourth-order valence-corrected chi connectivity index (χ4v) is 8.06. The summed E-state index contributed by atoms with van der Waals surface area (Å²) in [5.41, 5.74) is 3.11. The lowest BCUT2D eigenvalue weighted by Gasteiger charge is -2.30. The van der Waals surface area contributed by atoms with Crippen molar-refractivity contribution in [2.45, 2.75) is 89.8 Å². The zero-order valence-corrected chi connectivity index (χ0v) is 30.0. The van der Waals surface area contributed by atoms with Gasteiger partial charge < -0.3 is 25.8 Å². The molecule has 3 aromatic carbocycles. The van der Waals surface area contributed by atoms with Crippen LogP contribution >= 0.6 is 0 Å². The van der Waals surface area contributed by atoms with Crippen molar-refractivity contribution in [3.8, 4) is 0 Å².